The van der Waals surface area contributed by atoms with Crippen LogP contribution >= 0.6 is 11.8 Å². The van der Waals surface area contributed by atoms with Crippen LogP contribution in [-0.4, -0.2) is 35.1 Å². The maximum absolute atomic E-state index is 6.13. The van der Waals surface area contributed by atoms with Gasteiger partial charge in [0.1, 0.15) is 11.4 Å². The summed E-state index contributed by atoms with van der Waals surface area (Å²) in [5, 5.41) is 0. The van der Waals surface area contributed by atoms with Crippen molar-refractivity contribution in [1.82, 2.24) is 4.90 Å². The molecule has 0 bridgehead atoms. The van der Waals surface area contributed by atoms with Gasteiger partial charge in [-0.25, -0.2) is 0 Å². The minimum absolute atomic E-state index is 0.108. The van der Waals surface area contributed by atoms with E-state index in [0.717, 1.165) is 25.4 Å². The van der Waals surface area contributed by atoms with Crippen LogP contribution in [0.25, 0.3) is 0 Å². The molecule has 0 aliphatic carbocycles. The predicted molar refractivity (Wildman–Crippen MR) is 79.4 cm³/mol. The Balaban J connectivity index is 2.10. The fraction of sp³-hybridized carbons (Fsp3) is 0.600. The zero-order chi connectivity index (χ0) is 13.0. The van der Waals surface area contributed by atoms with Crippen LogP contribution in [0.2, 0.25) is 0 Å². The molecule has 0 saturated heterocycles. The van der Waals surface area contributed by atoms with Gasteiger partial charge in [-0.2, -0.15) is 11.8 Å². The second kappa shape index (κ2) is 5.98. The van der Waals surface area contributed by atoms with Gasteiger partial charge in [-0.1, -0.05) is 25.1 Å². The van der Waals surface area contributed by atoms with Crippen molar-refractivity contribution in [3.05, 3.63) is 29.8 Å². The van der Waals surface area contributed by atoms with Crippen molar-refractivity contribution >= 4 is 11.8 Å². The molecule has 0 unspecified atom stereocenters. The van der Waals surface area contributed by atoms with Gasteiger partial charge in [-0.05, 0) is 25.7 Å². The molecule has 0 amide bonds. The largest absolute Gasteiger partial charge is 0.486 e. The summed E-state index contributed by atoms with van der Waals surface area (Å²) in [4.78, 5) is 2.51. The summed E-state index contributed by atoms with van der Waals surface area (Å²) < 4.78 is 6.13. The Morgan fingerprint density at radius 1 is 1.33 bits per heavy atom. The molecule has 1 aromatic carbocycles. The summed E-state index contributed by atoms with van der Waals surface area (Å²) in [6.45, 7) is 9.70. The van der Waals surface area contributed by atoms with Crippen molar-refractivity contribution < 1.29 is 4.74 Å². The van der Waals surface area contributed by atoms with E-state index in [9.17, 15) is 0 Å². The molecule has 0 atom stereocenters. The first-order valence-corrected chi connectivity index (χ1v) is 7.83. The first-order chi connectivity index (χ1) is 8.61. The van der Waals surface area contributed by atoms with Crippen molar-refractivity contribution in [1.29, 1.82) is 0 Å². The van der Waals surface area contributed by atoms with Gasteiger partial charge in [0.05, 0.1) is 0 Å². The Morgan fingerprint density at radius 3 is 2.89 bits per heavy atom. The Hall–Kier alpha value is -0.670. The van der Waals surface area contributed by atoms with Crippen LogP contribution in [0.3, 0.4) is 0 Å². The fourth-order valence-corrected chi connectivity index (χ4v) is 3.07. The van der Waals surface area contributed by atoms with E-state index in [1.54, 1.807) is 0 Å². The molecule has 18 heavy (non-hydrogen) atoms. The average molecular weight is 265 g/mol. The SMILES string of the molecule is CCSCCN1Cc2ccccc2OC(C)(C)C1. The number of hydrogen-bond donors (Lipinski definition) is 0. The number of rotatable bonds is 4. The zero-order valence-corrected chi connectivity index (χ0v) is 12.4. The zero-order valence-electron chi connectivity index (χ0n) is 11.6. The average Bonchev–Trinajstić information content (AvgIpc) is 2.43. The van der Waals surface area contributed by atoms with E-state index in [0.29, 0.717) is 0 Å². The molecule has 1 aliphatic rings. The molecular formula is C15H23NOS. The topological polar surface area (TPSA) is 12.5 Å². The number of para-hydroxylation sites is 1. The van der Waals surface area contributed by atoms with Gasteiger partial charge in [-0.3, -0.25) is 4.90 Å². The van der Waals surface area contributed by atoms with Crippen LogP contribution in [0, 0.1) is 0 Å². The molecule has 0 spiro atoms. The van der Waals surface area contributed by atoms with Crippen LogP contribution in [-0.2, 0) is 6.54 Å². The predicted octanol–water partition coefficient (Wildman–Crippen LogP) is 3.41. The van der Waals surface area contributed by atoms with Crippen molar-refractivity contribution in [2.45, 2.75) is 32.9 Å². The number of fused-ring (bicyclic) bond motifs is 1. The number of nitrogens with zero attached hydrogens (tertiary/aromatic N) is 1. The van der Waals surface area contributed by atoms with Gasteiger partial charge in [0.15, 0.2) is 0 Å². The number of benzene rings is 1. The van der Waals surface area contributed by atoms with Crippen molar-refractivity contribution in [2.24, 2.45) is 0 Å². The molecule has 2 rings (SSSR count). The fourth-order valence-electron chi connectivity index (χ4n) is 2.40. The minimum atomic E-state index is -0.108. The van der Waals surface area contributed by atoms with E-state index in [-0.39, 0.29) is 5.60 Å². The van der Waals surface area contributed by atoms with E-state index in [2.05, 4.69) is 49.9 Å². The van der Waals surface area contributed by atoms with Gasteiger partial charge < -0.3 is 4.74 Å². The minimum Gasteiger partial charge on any atom is -0.486 e. The lowest BCUT2D eigenvalue weighted by atomic mass is 10.1. The summed E-state index contributed by atoms with van der Waals surface area (Å²) >= 11 is 2.01. The Morgan fingerprint density at radius 2 is 2.11 bits per heavy atom. The molecule has 0 aromatic heterocycles. The van der Waals surface area contributed by atoms with E-state index < -0.39 is 0 Å². The van der Waals surface area contributed by atoms with Gasteiger partial charge in [0.2, 0.25) is 0 Å². The molecule has 1 heterocycles. The molecule has 3 heteroatoms. The second-order valence-corrected chi connectivity index (χ2v) is 6.77. The molecule has 0 N–H and O–H groups in total. The summed E-state index contributed by atoms with van der Waals surface area (Å²) in [6, 6.07) is 8.41. The van der Waals surface area contributed by atoms with Gasteiger partial charge in [0, 0.05) is 31.0 Å². The van der Waals surface area contributed by atoms with Crippen molar-refractivity contribution in [2.75, 3.05) is 24.6 Å². The molecule has 0 radical (unpaired) electrons. The third-order valence-corrected chi connectivity index (χ3v) is 3.99. The highest BCUT2D eigenvalue weighted by molar-refractivity contribution is 7.99. The first kappa shape index (κ1) is 13.8. The lowest BCUT2D eigenvalue weighted by Crippen LogP contribution is -2.41. The van der Waals surface area contributed by atoms with Gasteiger partial charge in [0.25, 0.3) is 0 Å². The van der Waals surface area contributed by atoms with Gasteiger partial charge in [-0.15, -0.1) is 0 Å². The third-order valence-electron chi connectivity index (χ3n) is 3.11. The van der Waals surface area contributed by atoms with Gasteiger partial charge >= 0.3 is 0 Å². The maximum Gasteiger partial charge on any atom is 0.124 e. The normalized spacial score (nSPS) is 18.8. The molecule has 1 aliphatic heterocycles. The molecule has 1 aromatic rings. The Labute approximate surface area is 115 Å². The smallest absolute Gasteiger partial charge is 0.124 e. The van der Waals surface area contributed by atoms with Crippen molar-refractivity contribution in [3.8, 4) is 5.75 Å². The summed E-state index contributed by atoms with van der Waals surface area (Å²) in [6.07, 6.45) is 0. The van der Waals surface area contributed by atoms with Crippen LogP contribution < -0.4 is 4.74 Å². The van der Waals surface area contributed by atoms with E-state index in [1.165, 1.54) is 17.1 Å². The molecule has 2 nitrogen and oxygen atoms in total. The summed E-state index contributed by atoms with van der Waals surface area (Å²) in [5.41, 5.74) is 1.20. The summed E-state index contributed by atoms with van der Waals surface area (Å²) in [5.74, 6) is 3.45. The monoisotopic (exact) mass is 265 g/mol. The van der Waals surface area contributed by atoms with E-state index in [1.807, 2.05) is 11.8 Å². The molecular weight excluding hydrogens is 242 g/mol. The first-order valence-electron chi connectivity index (χ1n) is 6.68. The number of hydrogen-bond acceptors (Lipinski definition) is 3. The van der Waals surface area contributed by atoms with E-state index >= 15 is 0 Å². The summed E-state index contributed by atoms with van der Waals surface area (Å²) in [7, 11) is 0. The Bertz CT molecular complexity index is 392. The van der Waals surface area contributed by atoms with E-state index in [4.69, 9.17) is 4.74 Å². The van der Waals surface area contributed by atoms with Crippen LogP contribution in [0.15, 0.2) is 24.3 Å². The second-order valence-electron chi connectivity index (χ2n) is 5.38. The third kappa shape index (κ3) is 3.66. The highest BCUT2D eigenvalue weighted by Crippen LogP contribution is 2.29. The molecule has 100 valence electrons. The maximum atomic E-state index is 6.13. The molecule has 0 fully saturated rings. The quantitative estimate of drug-likeness (QED) is 0.774. The van der Waals surface area contributed by atoms with Crippen LogP contribution in [0.4, 0.5) is 0 Å². The lowest BCUT2D eigenvalue weighted by molar-refractivity contribution is 0.0737. The van der Waals surface area contributed by atoms with Crippen LogP contribution in [0.5, 0.6) is 5.75 Å². The highest BCUT2D eigenvalue weighted by atomic mass is 32.2. The lowest BCUT2D eigenvalue weighted by Gasteiger charge is -2.29. The van der Waals surface area contributed by atoms with Crippen molar-refractivity contribution in [3.63, 3.8) is 0 Å². The van der Waals surface area contributed by atoms with Crippen LogP contribution in [0.1, 0.15) is 26.3 Å². The Kier molecular flexibility index (Phi) is 4.57. The standard InChI is InChI=1S/C15H23NOS/c1-4-18-10-9-16-11-13-7-5-6-8-14(13)17-15(2,3)12-16/h5-8H,4,9-12H2,1-3H3. The highest BCUT2D eigenvalue weighted by Gasteiger charge is 2.28. The molecule has 0 saturated carbocycles. The number of thioether (sulfide) groups is 1. The number of ether oxygens (including phenoxy) is 1.